The molecule has 0 unspecified atom stereocenters. The summed E-state index contributed by atoms with van der Waals surface area (Å²) in [5, 5.41) is 1.23. The van der Waals surface area contributed by atoms with Crippen molar-refractivity contribution in [3.63, 3.8) is 0 Å². The van der Waals surface area contributed by atoms with Crippen LogP contribution in [0.5, 0.6) is 0 Å². The van der Waals surface area contributed by atoms with Crippen molar-refractivity contribution in [1.82, 2.24) is 0 Å². The summed E-state index contributed by atoms with van der Waals surface area (Å²) in [7, 11) is 0. The monoisotopic (exact) mass is 268 g/mol. The minimum Gasteiger partial charge on any atom is -0.289 e. The van der Waals surface area contributed by atoms with Gasteiger partial charge in [0.25, 0.3) is 0 Å². The molecule has 0 aliphatic heterocycles. The maximum absolute atomic E-state index is 13.8. The Morgan fingerprint density at radius 2 is 1.75 bits per heavy atom. The molecular formula is C18H17FO. The van der Waals surface area contributed by atoms with Gasteiger partial charge in [-0.15, -0.1) is 0 Å². The Bertz CT molecular complexity index is 685. The van der Waals surface area contributed by atoms with Crippen LogP contribution in [0.1, 0.15) is 42.5 Å². The van der Waals surface area contributed by atoms with Crippen molar-refractivity contribution in [2.24, 2.45) is 0 Å². The Morgan fingerprint density at radius 1 is 0.950 bits per heavy atom. The lowest BCUT2D eigenvalue weighted by molar-refractivity contribution is 0.103. The lowest BCUT2D eigenvalue weighted by atomic mass is 9.95. The van der Waals surface area contributed by atoms with Gasteiger partial charge >= 0.3 is 0 Å². The van der Waals surface area contributed by atoms with Crippen molar-refractivity contribution in [1.29, 1.82) is 0 Å². The summed E-state index contributed by atoms with van der Waals surface area (Å²) in [6, 6.07) is 10.2. The van der Waals surface area contributed by atoms with E-state index < -0.39 is 0 Å². The summed E-state index contributed by atoms with van der Waals surface area (Å²) in [6.07, 6.45) is 7.27. The van der Waals surface area contributed by atoms with E-state index in [1.165, 1.54) is 12.5 Å². The zero-order valence-electron chi connectivity index (χ0n) is 11.4. The van der Waals surface area contributed by atoms with Crippen LogP contribution in [0.2, 0.25) is 0 Å². The molecule has 0 saturated carbocycles. The molecule has 1 nitrogen and oxygen atoms in total. The van der Waals surface area contributed by atoms with Gasteiger partial charge in [0.05, 0.1) is 0 Å². The average molecular weight is 268 g/mol. The van der Waals surface area contributed by atoms with Gasteiger partial charge in [-0.3, -0.25) is 4.79 Å². The number of hydrogen-bond acceptors (Lipinski definition) is 1. The van der Waals surface area contributed by atoms with E-state index in [1.54, 1.807) is 18.2 Å². The van der Waals surface area contributed by atoms with Crippen molar-refractivity contribution in [3.8, 4) is 0 Å². The predicted octanol–water partition coefficient (Wildman–Crippen LogP) is 5.05. The first kappa shape index (κ1) is 13.0. The fraction of sp³-hybridized carbons (Fsp3) is 0.278. The third-order valence-corrected chi connectivity index (χ3v) is 3.95. The van der Waals surface area contributed by atoms with E-state index in [1.807, 2.05) is 12.1 Å². The Balaban J connectivity index is 2.08. The molecule has 2 aromatic rings. The summed E-state index contributed by atoms with van der Waals surface area (Å²) in [5.74, 6) is -0.213. The molecule has 0 bridgehead atoms. The summed E-state index contributed by atoms with van der Waals surface area (Å²) in [6.45, 7) is 0. The third-order valence-electron chi connectivity index (χ3n) is 3.95. The van der Waals surface area contributed by atoms with Gasteiger partial charge in [0, 0.05) is 10.9 Å². The summed E-state index contributed by atoms with van der Waals surface area (Å²) in [4.78, 5) is 12.7. The van der Waals surface area contributed by atoms with E-state index in [9.17, 15) is 9.18 Å². The number of Topliss-reactive ketones (excluding diaryl/α,β-unsaturated/α-hetero) is 1. The number of carbonyl (C=O) groups is 1. The molecule has 0 radical (unpaired) electrons. The minimum atomic E-state index is -0.271. The van der Waals surface area contributed by atoms with Crippen LogP contribution in [-0.4, -0.2) is 5.78 Å². The molecular weight excluding hydrogens is 251 g/mol. The average Bonchev–Trinajstić information content (AvgIpc) is 2.76. The lowest BCUT2D eigenvalue weighted by Gasteiger charge is -2.09. The maximum Gasteiger partial charge on any atom is 0.189 e. The number of rotatable bonds is 2. The molecule has 0 N–H and O–H groups in total. The predicted molar refractivity (Wildman–Crippen MR) is 79.4 cm³/mol. The van der Waals surface area contributed by atoms with Crippen molar-refractivity contribution in [3.05, 3.63) is 59.4 Å². The summed E-state index contributed by atoms with van der Waals surface area (Å²) >= 11 is 0. The van der Waals surface area contributed by atoms with Crippen LogP contribution in [0.25, 0.3) is 10.8 Å². The highest BCUT2D eigenvalue weighted by atomic mass is 19.1. The highest BCUT2D eigenvalue weighted by molar-refractivity contribution is 6.16. The molecule has 0 amide bonds. The number of fused-ring (bicyclic) bond motifs is 1. The Hall–Kier alpha value is -1.96. The number of ketones is 1. The maximum atomic E-state index is 13.8. The number of halogens is 1. The molecule has 3 rings (SSSR count). The molecule has 20 heavy (non-hydrogen) atoms. The lowest BCUT2D eigenvalue weighted by Crippen LogP contribution is -2.04. The summed E-state index contributed by atoms with van der Waals surface area (Å²) < 4.78 is 13.8. The van der Waals surface area contributed by atoms with Gasteiger partial charge in [-0.05, 0) is 48.8 Å². The van der Waals surface area contributed by atoms with Crippen molar-refractivity contribution < 1.29 is 9.18 Å². The second kappa shape index (κ2) is 5.58. The second-order valence-electron chi connectivity index (χ2n) is 5.30. The van der Waals surface area contributed by atoms with Crippen LogP contribution < -0.4 is 0 Å². The molecule has 2 heteroatoms. The first-order valence-corrected chi connectivity index (χ1v) is 7.18. The smallest absolute Gasteiger partial charge is 0.189 e. The van der Waals surface area contributed by atoms with Crippen LogP contribution in [0, 0.1) is 5.82 Å². The Kier molecular flexibility index (Phi) is 3.64. The van der Waals surface area contributed by atoms with Gasteiger partial charge in [0.15, 0.2) is 5.78 Å². The largest absolute Gasteiger partial charge is 0.289 e. The van der Waals surface area contributed by atoms with E-state index in [4.69, 9.17) is 0 Å². The zero-order chi connectivity index (χ0) is 13.9. The van der Waals surface area contributed by atoms with Crippen LogP contribution in [-0.2, 0) is 0 Å². The fourth-order valence-electron chi connectivity index (χ4n) is 2.85. The molecule has 2 aromatic carbocycles. The van der Waals surface area contributed by atoms with Crippen molar-refractivity contribution >= 4 is 16.6 Å². The van der Waals surface area contributed by atoms with Gasteiger partial charge in [-0.25, -0.2) is 4.39 Å². The van der Waals surface area contributed by atoms with Crippen LogP contribution in [0.4, 0.5) is 4.39 Å². The van der Waals surface area contributed by atoms with Gasteiger partial charge in [-0.2, -0.15) is 0 Å². The normalized spacial score (nSPS) is 15.8. The first-order chi connectivity index (χ1) is 9.77. The quantitative estimate of drug-likeness (QED) is 0.696. The first-order valence-electron chi connectivity index (χ1n) is 7.18. The standard InChI is InChI=1S/C18H17FO/c19-17-12-11-16(14-9-5-6-10-15(14)17)18(20)13-7-3-1-2-4-8-13/h5-7,9-12H,1-4,8H2. The van der Waals surface area contributed by atoms with Crippen molar-refractivity contribution in [2.45, 2.75) is 32.1 Å². The Morgan fingerprint density at radius 3 is 2.60 bits per heavy atom. The van der Waals surface area contributed by atoms with Crippen LogP contribution in [0.3, 0.4) is 0 Å². The molecule has 0 fully saturated rings. The van der Waals surface area contributed by atoms with E-state index in [2.05, 4.69) is 6.08 Å². The van der Waals surface area contributed by atoms with Crippen LogP contribution in [0.15, 0.2) is 48.0 Å². The van der Waals surface area contributed by atoms with E-state index in [-0.39, 0.29) is 11.6 Å². The van der Waals surface area contributed by atoms with Crippen LogP contribution >= 0.6 is 0 Å². The molecule has 0 aromatic heterocycles. The molecule has 0 saturated heterocycles. The third kappa shape index (κ3) is 2.38. The topological polar surface area (TPSA) is 17.1 Å². The summed E-state index contributed by atoms with van der Waals surface area (Å²) in [5.41, 5.74) is 1.51. The highest BCUT2D eigenvalue weighted by Gasteiger charge is 2.17. The van der Waals surface area contributed by atoms with Crippen molar-refractivity contribution in [2.75, 3.05) is 0 Å². The van der Waals surface area contributed by atoms with E-state index >= 15 is 0 Å². The second-order valence-corrected chi connectivity index (χ2v) is 5.30. The SMILES string of the molecule is O=C(C1=CCCCCC1)c1ccc(F)c2ccccc12. The molecule has 0 atom stereocenters. The molecule has 102 valence electrons. The number of benzene rings is 2. The molecule has 0 spiro atoms. The zero-order valence-corrected chi connectivity index (χ0v) is 11.4. The van der Waals surface area contributed by atoms with Gasteiger partial charge < -0.3 is 0 Å². The van der Waals surface area contributed by atoms with Gasteiger partial charge in [0.1, 0.15) is 5.82 Å². The van der Waals surface area contributed by atoms with E-state index in [0.29, 0.717) is 16.3 Å². The minimum absolute atomic E-state index is 0.0584. The van der Waals surface area contributed by atoms with Gasteiger partial charge in [-0.1, -0.05) is 36.8 Å². The number of allylic oxidation sites excluding steroid dienone is 2. The fourth-order valence-corrected chi connectivity index (χ4v) is 2.85. The van der Waals surface area contributed by atoms with Gasteiger partial charge in [0.2, 0.25) is 0 Å². The molecule has 0 heterocycles. The highest BCUT2D eigenvalue weighted by Crippen LogP contribution is 2.27. The molecule has 1 aliphatic carbocycles. The number of carbonyl (C=O) groups excluding carboxylic acids is 1. The van der Waals surface area contributed by atoms with E-state index in [0.717, 1.165) is 31.3 Å². The Labute approximate surface area is 118 Å². The number of hydrogen-bond donors (Lipinski definition) is 0. The molecule has 1 aliphatic rings.